The van der Waals surface area contributed by atoms with Gasteiger partial charge < -0.3 is 0 Å². The zero-order chi connectivity index (χ0) is 35.8. The van der Waals surface area contributed by atoms with E-state index in [-0.39, 0.29) is 0 Å². The van der Waals surface area contributed by atoms with Crippen molar-refractivity contribution in [1.82, 2.24) is 15.0 Å². The van der Waals surface area contributed by atoms with Crippen LogP contribution in [0, 0.1) is 56.7 Å². The van der Waals surface area contributed by atoms with Crippen LogP contribution in [-0.4, -0.2) is 15.0 Å². The van der Waals surface area contributed by atoms with Crippen molar-refractivity contribution < 1.29 is 0 Å². The molecule has 236 valence electrons. The number of aromatic nitrogens is 3. The van der Waals surface area contributed by atoms with Crippen LogP contribution in [0.5, 0.6) is 0 Å². The quantitative estimate of drug-likeness (QED) is 0.169. The first-order valence-corrected chi connectivity index (χ1v) is 16.1. The van der Waals surface area contributed by atoms with E-state index in [0.717, 1.165) is 38.4 Å². The van der Waals surface area contributed by atoms with Crippen LogP contribution in [0.3, 0.4) is 0 Å². The highest BCUT2D eigenvalue weighted by atomic mass is 14.8. The first-order valence-electron chi connectivity index (χ1n) is 16.1. The van der Waals surface area contributed by atoms with Crippen molar-refractivity contribution in [3.05, 3.63) is 149 Å². The van der Waals surface area contributed by atoms with E-state index in [2.05, 4.69) is 30.3 Å². The van der Waals surface area contributed by atoms with Crippen LogP contribution in [0.4, 0.5) is 0 Å². The van der Waals surface area contributed by atoms with Gasteiger partial charge in [0.25, 0.3) is 0 Å². The van der Waals surface area contributed by atoms with E-state index in [1.165, 1.54) is 0 Å². The van der Waals surface area contributed by atoms with Gasteiger partial charge in [0.15, 0.2) is 0 Å². The molecule has 0 bridgehead atoms. The average molecular weight is 661 g/mol. The van der Waals surface area contributed by atoms with Crippen molar-refractivity contribution in [2.24, 2.45) is 0 Å². The Morgan fingerprint density at radius 1 is 0.365 bits per heavy atom. The third-order valence-electron chi connectivity index (χ3n) is 8.97. The van der Waals surface area contributed by atoms with Gasteiger partial charge in [-0.2, -0.15) is 26.3 Å². The van der Waals surface area contributed by atoms with Crippen molar-refractivity contribution in [3.63, 3.8) is 0 Å². The van der Waals surface area contributed by atoms with Crippen molar-refractivity contribution in [2.75, 3.05) is 0 Å². The second-order valence-electron chi connectivity index (χ2n) is 12.0. The first kappa shape index (κ1) is 31.1. The molecule has 8 rings (SSSR count). The van der Waals surface area contributed by atoms with Crippen LogP contribution in [0.1, 0.15) is 27.8 Å². The van der Waals surface area contributed by atoms with Crippen LogP contribution in [0.25, 0.3) is 77.6 Å². The minimum absolute atomic E-state index is 0.320. The van der Waals surface area contributed by atoms with E-state index in [1.54, 1.807) is 54.6 Å². The highest BCUT2D eigenvalue weighted by Gasteiger charge is 2.22. The Labute approximate surface area is 297 Å². The molecule has 0 aliphatic heterocycles. The lowest BCUT2D eigenvalue weighted by Gasteiger charge is -2.18. The first-order chi connectivity index (χ1) is 25.5. The highest BCUT2D eigenvalue weighted by Crippen LogP contribution is 2.43. The molecule has 0 amide bonds. The number of nitrogens with zero attached hydrogens (tertiary/aromatic N) is 8. The van der Waals surface area contributed by atoms with Gasteiger partial charge in [-0.15, -0.1) is 0 Å². The van der Waals surface area contributed by atoms with Gasteiger partial charge in [-0.05, 0) is 72.3 Å². The predicted octanol–water partition coefficient (Wildman–Crippen LogP) is 9.36. The molecule has 0 radical (unpaired) electrons. The molecule has 0 saturated heterocycles. The summed E-state index contributed by atoms with van der Waals surface area (Å²) < 4.78 is 0. The van der Waals surface area contributed by atoms with E-state index >= 15 is 0 Å². The Balaban J connectivity index is 1.59. The molecular formula is C44H20N8. The molecule has 0 unspecified atom stereocenters. The summed E-state index contributed by atoms with van der Waals surface area (Å²) in [7, 11) is 0. The van der Waals surface area contributed by atoms with E-state index in [0.29, 0.717) is 67.1 Å². The molecule has 0 atom stereocenters. The lowest BCUT2D eigenvalue weighted by molar-refractivity contribution is 1.30. The number of hydrogen-bond donors (Lipinski definition) is 0. The number of nitriles is 5. The number of rotatable bonds is 4. The van der Waals surface area contributed by atoms with Crippen LogP contribution < -0.4 is 0 Å². The third-order valence-corrected chi connectivity index (χ3v) is 8.97. The highest BCUT2D eigenvalue weighted by molar-refractivity contribution is 6.24. The molecule has 0 aliphatic rings. The lowest BCUT2D eigenvalue weighted by Crippen LogP contribution is -2.00. The largest absolute Gasteiger partial charge is 0.247 e. The molecule has 6 aromatic carbocycles. The molecule has 0 saturated carbocycles. The summed E-state index contributed by atoms with van der Waals surface area (Å²) >= 11 is 0. The number of benzene rings is 6. The van der Waals surface area contributed by atoms with Crippen LogP contribution in [0.15, 0.2) is 121 Å². The molecule has 0 spiro atoms. The molecule has 2 heterocycles. The fourth-order valence-electron chi connectivity index (χ4n) is 6.50. The van der Waals surface area contributed by atoms with Crippen LogP contribution in [-0.2, 0) is 0 Å². The Morgan fingerprint density at radius 3 is 1.33 bits per heavy atom. The summed E-state index contributed by atoms with van der Waals surface area (Å²) in [6.45, 7) is 0. The molecule has 0 fully saturated rings. The summed E-state index contributed by atoms with van der Waals surface area (Å²) in [6.07, 6.45) is 0. The topological polar surface area (TPSA) is 158 Å². The van der Waals surface area contributed by atoms with E-state index < -0.39 is 0 Å². The van der Waals surface area contributed by atoms with Gasteiger partial charge in [-0.1, -0.05) is 54.6 Å². The maximum absolute atomic E-state index is 9.94. The summed E-state index contributed by atoms with van der Waals surface area (Å²) in [5, 5.41) is 50.8. The minimum Gasteiger partial charge on any atom is -0.247 e. The molecular weight excluding hydrogens is 641 g/mol. The van der Waals surface area contributed by atoms with Gasteiger partial charge >= 0.3 is 0 Å². The molecule has 8 aromatic rings. The number of pyridine rings is 1. The van der Waals surface area contributed by atoms with E-state index in [1.807, 2.05) is 66.7 Å². The van der Waals surface area contributed by atoms with Crippen molar-refractivity contribution in [2.45, 2.75) is 0 Å². The average Bonchev–Trinajstić information content (AvgIpc) is 3.22. The second kappa shape index (κ2) is 12.7. The second-order valence-corrected chi connectivity index (χ2v) is 12.0. The SMILES string of the molecule is N#Cc1ccc(-c2nc3c(-c4cc(C#N)cc(C#N)c4)cc4c(-c5ccc(C#N)cc5)nc5ccccc5c4c3nc2-c2ccc(C#N)cc2)cc1. The molecule has 52 heavy (non-hydrogen) atoms. The predicted molar refractivity (Wildman–Crippen MR) is 198 cm³/mol. The number of para-hydroxylation sites is 1. The van der Waals surface area contributed by atoms with Gasteiger partial charge in [0.1, 0.15) is 0 Å². The van der Waals surface area contributed by atoms with E-state index in [4.69, 9.17) is 15.0 Å². The van der Waals surface area contributed by atoms with Gasteiger partial charge in [-0.25, -0.2) is 15.0 Å². The van der Waals surface area contributed by atoms with Crippen molar-refractivity contribution >= 4 is 32.7 Å². The summed E-state index contributed by atoms with van der Waals surface area (Å²) in [5.41, 5.74) is 9.25. The van der Waals surface area contributed by atoms with Crippen molar-refractivity contribution in [1.29, 1.82) is 26.3 Å². The molecule has 8 nitrogen and oxygen atoms in total. The number of fused-ring (bicyclic) bond motifs is 5. The lowest BCUT2D eigenvalue weighted by atomic mass is 9.91. The smallest absolute Gasteiger partial charge is 0.0992 e. The van der Waals surface area contributed by atoms with Crippen LogP contribution in [0.2, 0.25) is 0 Å². The Kier molecular flexibility index (Phi) is 7.57. The van der Waals surface area contributed by atoms with Crippen LogP contribution >= 0.6 is 0 Å². The monoisotopic (exact) mass is 660 g/mol. The van der Waals surface area contributed by atoms with Gasteiger partial charge in [0.05, 0.1) is 91.8 Å². The normalized spacial score (nSPS) is 10.6. The molecule has 2 aromatic heterocycles. The fourth-order valence-corrected chi connectivity index (χ4v) is 6.50. The molecule has 0 N–H and O–H groups in total. The maximum Gasteiger partial charge on any atom is 0.0992 e. The zero-order valence-electron chi connectivity index (χ0n) is 27.1. The Bertz CT molecular complexity index is 2950. The summed E-state index contributed by atoms with van der Waals surface area (Å²) in [5.74, 6) is 0. The number of hydrogen-bond acceptors (Lipinski definition) is 8. The third kappa shape index (κ3) is 5.27. The Hall–Kier alpha value is -8.22. The van der Waals surface area contributed by atoms with Crippen molar-refractivity contribution in [3.8, 4) is 75.2 Å². The Morgan fingerprint density at radius 2 is 0.827 bits per heavy atom. The van der Waals surface area contributed by atoms with Gasteiger partial charge in [0, 0.05) is 38.4 Å². The van der Waals surface area contributed by atoms with Gasteiger partial charge in [-0.3, -0.25) is 0 Å². The molecule has 0 aliphatic carbocycles. The summed E-state index contributed by atoms with van der Waals surface area (Å²) in [6, 6.07) is 47.2. The zero-order valence-corrected chi connectivity index (χ0v) is 27.1. The summed E-state index contributed by atoms with van der Waals surface area (Å²) in [4.78, 5) is 15.9. The van der Waals surface area contributed by atoms with Gasteiger partial charge in [0.2, 0.25) is 0 Å². The fraction of sp³-hybridized carbons (Fsp3) is 0. The van der Waals surface area contributed by atoms with E-state index in [9.17, 15) is 26.3 Å². The standard InChI is InChI=1S/C44H20N8/c45-21-26-5-11-31(12-6-26)40-37-20-36(34-18-29(24-48)17-30(19-34)25-49)43-44(39(37)35-3-1-2-4-38(35)50-40)52-42(33-15-9-28(23-47)10-16-33)41(51-43)32-13-7-27(22-46)8-14-32/h1-20H. The molecule has 8 heteroatoms. The maximum atomic E-state index is 9.94. The minimum atomic E-state index is 0.320.